The average molecular weight is 239 g/mol. The second kappa shape index (κ2) is 5.69. The van der Waals surface area contributed by atoms with Crippen LogP contribution in [0.25, 0.3) is 11.3 Å². The second-order valence-corrected chi connectivity index (χ2v) is 3.74. The molecule has 0 aliphatic rings. The van der Waals surface area contributed by atoms with Gasteiger partial charge >= 0.3 is 0 Å². The maximum absolute atomic E-state index is 10.7. The number of amides is 1. The molecule has 0 fully saturated rings. The quantitative estimate of drug-likeness (QED) is 0.781. The Bertz CT molecular complexity index is 590. The number of hydrogen-bond donors (Lipinski definition) is 2. The summed E-state index contributed by atoms with van der Waals surface area (Å²) in [5, 5.41) is 9.55. The van der Waals surface area contributed by atoms with E-state index in [1.165, 1.54) is 6.92 Å². The van der Waals surface area contributed by atoms with E-state index in [-0.39, 0.29) is 5.91 Å². The molecule has 0 unspecified atom stereocenters. The first kappa shape index (κ1) is 11.9. The van der Waals surface area contributed by atoms with E-state index in [0.717, 1.165) is 16.8 Å². The highest BCUT2D eigenvalue weighted by Crippen LogP contribution is 2.19. The van der Waals surface area contributed by atoms with Crippen molar-refractivity contribution in [2.24, 2.45) is 0 Å². The number of H-pyrrole nitrogens is 1. The average Bonchev–Trinajstić information content (AvgIpc) is 2.84. The summed E-state index contributed by atoms with van der Waals surface area (Å²) >= 11 is 0. The van der Waals surface area contributed by atoms with Gasteiger partial charge in [0.25, 0.3) is 0 Å². The molecule has 1 heterocycles. The zero-order chi connectivity index (χ0) is 12.8. The minimum atomic E-state index is -0.0835. The molecule has 1 aromatic heterocycles. The van der Waals surface area contributed by atoms with E-state index in [1.54, 1.807) is 6.20 Å². The Morgan fingerprint density at radius 3 is 2.89 bits per heavy atom. The molecule has 90 valence electrons. The number of nitrogens with one attached hydrogen (secondary N) is 2. The summed E-state index contributed by atoms with van der Waals surface area (Å²) in [5.74, 6) is 5.79. The molecule has 1 amide bonds. The summed E-state index contributed by atoms with van der Waals surface area (Å²) in [6.45, 7) is 1.81. The van der Waals surface area contributed by atoms with Gasteiger partial charge in [-0.15, -0.1) is 0 Å². The Balaban J connectivity index is 2.16. The lowest BCUT2D eigenvalue weighted by Crippen LogP contribution is -2.19. The van der Waals surface area contributed by atoms with E-state index in [4.69, 9.17) is 0 Å². The number of hydrogen-bond acceptors (Lipinski definition) is 2. The van der Waals surface area contributed by atoms with Crippen molar-refractivity contribution in [3.05, 3.63) is 42.1 Å². The number of carbonyl (C=O) groups excluding carboxylic acids is 1. The predicted octanol–water partition coefficient (Wildman–Crippen LogP) is 1.56. The van der Waals surface area contributed by atoms with Crippen LogP contribution in [-0.4, -0.2) is 22.6 Å². The third-order valence-corrected chi connectivity index (χ3v) is 2.35. The predicted molar refractivity (Wildman–Crippen MR) is 69.6 cm³/mol. The van der Waals surface area contributed by atoms with Crippen LogP contribution in [0.15, 0.2) is 36.5 Å². The van der Waals surface area contributed by atoms with Gasteiger partial charge in [-0.2, -0.15) is 5.10 Å². The third-order valence-electron chi connectivity index (χ3n) is 2.35. The summed E-state index contributed by atoms with van der Waals surface area (Å²) < 4.78 is 0. The zero-order valence-electron chi connectivity index (χ0n) is 10.0. The Labute approximate surface area is 105 Å². The first-order valence-electron chi connectivity index (χ1n) is 5.59. The van der Waals surface area contributed by atoms with E-state index >= 15 is 0 Å². The maximum atomic E-state index is 10.7. The molecule has 0 atom stereocenters. The van der Waals surface area contributed by atoms with E-state index in [9.17, 15) is 4.79 Å². The Kier molecular flexibility index (Phi) is 3.77. The maximum Gasteiger partial charge on any atom is 0.217 e. The van der Waals surface area contributed by atoms with Crippen molar-refractivity contribution in [2.75, 3.05) is 6.54 Å². The van der Waals surface area contributed by atoms with Crippen molar-refractivity contribution in [3.63, 3.8) is 0 Å². The lowest BCUT2D eigenvalue weighted by Gasteiger charge is -1.97. The molecule has 0 aliphatic carbocycles. The number of aromatic nitrogens is 2. The summed E-state index contributed by atoms with van der Waals surface area (Å²) in [4.78, 5) is 10.7. The number of aromatic amines is 1. The van der Waals surface area contributed by atoms with Crippen molar-refractivity contribution in [2.45, 2.75) is 6.92 Å². The van der Waals surface area contributed by atoms with Gasteiger partial charge in [-0.1, -0.05) is 42.2 Å². The summed E-state index contributed by atoms with van der Waals surface area (Å²) in [7, 11) is 0. The Morgan fingerprint density at radius 2 is 2.17 bits per heavy atom. The molecular weight excluding hydrogens is 226 g/mol. The topological polar surface area (TPSA) is 57.8 Å². The second-order valence-electron chi connectivity index (χ2n) is 3.74. The zero-order valence-corrected chi connectivity index (χ0v) is 10.0. The van der Waals surface area contributed by atoms with Gasteiger partial charge in [0.2, 0.25) is 5.91 Å². The molecule has 0 spiro atoms. The first-order valence-corrected chi connectivity index (χ1v) is 5.59. The van der Waals surface area contributed by atoms with Crippen molar-refractivity contribution < 1.29 is 4.79 Å². The van der Waals surface area contributed by atoms with Crippen LogP contribution in [0.5, 0.6) is 0 Å². The molecule has 0 saturated carbocycles. The fourth-order valence-electron chi connectivity index (χ4n) is 1.51. The molecule has 0 saturated heterocycles. The molecular formula is C14H13N3O. The van der Waals surface area contributed by atoms with Crippen molar-refractivity contribution in [1.29, 1.82) is 0 Å². The smallest absolute Gasteiger partial charge is 0.217 e. The fraction of sp³-hybridized carbons (Fsp3) is 0.143. The fourth-order valence-corrected chi connectivity index (χ4v) is 1.51. The number of nitrogens with zero attached hydrogens (tertiary/aromatic N) is 1. The molecule has 0 bridgehead atoms. The standard InChI is InChI=1S/C14H13N3O/c1-11(18)15-9-5-8-13-10-16-17-14(13)12-6-3-2-4-7-12/h2-4,6-7,10H,9H2,1H3,(H,15,18)(H,16,17). The molecule has 2 N–H and O–H groups in total. The first-order chi connectivity index (χ1) is 8.77. The number of benzene rings is 1. The van der Waals surface area contributed by atoms with E-state index in [1.807, 2.05) is 30.3 Å². The van der Waals surface area contributed by atoms with Crippen LogP contribution < -0.4 is 5.32 Å². The van der Waals surface area contributed by atoms with Crippen LogP contribution in [-0.2, 0) is 4.79 Å². The molecule has 2 aromatic rings. The molecule has 4 nitrogen and oxygen atoms in total. The van der Waals surface area contributed by atoms with Crippen molar-refractivity contribution >= 4 is 5.91 Å². The summed E-state index contributed by atoms with van der Waals surface area (Å²) in [6.07, 6.45) is 1.68. The molecule has 0 radical (unpaired) electrons. The molecule has 2 rings (SSSR count). The van der Waals surface area contributed by atoms with Crippen LogP contribution in [0.1, 0.15) is 12.5 Å². The molecule has 0 aliphatic heterocycles. The highest BCUT2D eigenvalue weighted by atomic mass is 16.1. The van der Waals surface area contributed by atoms with E-state index in [2.05, 4.69) is 27.4 Å². The molecule has 18 heavy (non-hydrogen) atoms. The summed E-state index contributed by atoms with van der Waals surface area (Å²) in [5.41, 5.74) is 2.76. The van der Waals surface area contributed by atoms with Crippen LogP contribution in [0.3, 0.4) is 0 Å². The van der Waals surface area contributed by atoms with Gasteiger partial charge < -0.3 is 5.32 Å². The van der Waals surface area contributed by atoms with Crippen LogP contribution in [0.4, 0.5) is 0 Å². The lowest BCUT2D eigenvalue weighted by molar-refractivity contribution is -0.118. The van der Waals surface area contributed by atoms with Gasteiger partial charge in [0, 0.05) is 12.5 Å². The Hall–Kier alpha value is -2.54. The normalized spacial score (nSPS) is 9.39. The van der Waals surface area contributed by atoms with Crippen LogP contribution in [0.2, 0.25) is 0 Å². The minimum Gasteiger partial charge on any atom is -0.345 e. The Morgan fingerprint density at radius 1 is 1.39 bits per heavy atom. The minimum absolute atomic E-state index is 0.0835. The largest absolute Gasteiger partial charge is 0.345 e. The number of carbonyl (C=O) groups is 1. The van der Waals surface area contributed by atoms with Gasteiger partial charge in [-0.3, -0.25) is 9.89 Å². The molecule has 4 heteroatoms. The monoisotopic (exact) mass is 239 g/mol. The van der Waals surface area contributed by atoms with Crippen molar-refractivity contribution in [3.8, 4) is 23.1 Å². The highest BCUT2D eigenvalue weighted by molar-refractivity contribution is 5.73. The van der Waals surface area contributed by atoms with Crippen LogP contribution >= 0.6 is 0 Å². The van der Waals surface area contributed by atoms with Gasteiger partial charge in [0.15, 0.2) is 0 Å². The van der Waals surface area contributed by atoms with Gasteiger partial charge in [0.1, 0.15) is 0 Å². The summed E-state index contributed by atoms with van der Waals surface area (Å²) in [6, 6.07) is 9.87. The van der Waals surface area contributed by atoms with Gasteiger partial charge in [-0.25, -0.2) is 0 Å². The third kappa shape index (κ3) is 2.98. The van der Waals surface area contributed by atoms with E-state index in [0.29, 0.717) is 6.54 Å². The molecule has 1 aromatic carbocycles. The van der Waals surface area contributed by atoms with Crippen LogP contribution in [0, 0.1) is 11.8 Å². The van der Waals surface area contributed by atoms with Gasteiger partial charge in [0.05, 0.1) is 24.0 Å². The van der Waals surface area contributed by atoms with Gasteiger partial charge in [-0.05, 0) is 0 Å². The SMILES string of the molecule is CC(=O)NCC#Cc1cn[nH]c1-c1ccccc1. The highest BCUT2D eigenvalue weighted by Gasteiger charge is 2.04. The number of rotatable bonds is 2. The van der Waals surface area contributed by atoms with E-state index < -0.39 is 0 Å². The van der Waals surface area contributed by atoms with Crippen molar-refractivity contribution in [1.82, 2.24) is 15.5 Å². The lowest BCUT2D eigenvalue weighted by atomic mass is 10.1.